The molecule has 0 aliphatic carbocycles. The summed E-state index contributed by atoms with van der Waals surface area (Å²) < 4.78 is 29.4. The first kappa shape index (κ1) is 19.9. The average Bonchev–Trinajstić information content (AvgIpc) is 3.10. The molecule has 1 aliphatic rings. The third kappa shape index (κ3) is 4.20. The highest BCUT2D eigenvalue weighted by atomic mass is 32.2. The molecule has 9 heteroatoms. The molecule has 0 saturated carbocycles. The minimum atomic E-state index is -3.35. The van der Waals surface area contributed by atoms with Gasteiger partial charge in [0.15, 0.2) is 0 Å². The van der Waals surface area contributed by atoms with Crippen LogP contribution in [0.4, 0.5) is 0 Å². The van der Waals surface area contributed by atoms with Crippen LogP contribution in [0.2, 0.25) is 0 Å². The topological polar surface area (TPSA) is 84.2 Å². The van der Waals surface area contributed by atoms with Gasteiger partial charge in [0.2, 0.25) is 0 Å². The molecule has 0 bridgehead atoms. The SMILES string of the molecule is CCCn1nccc1-c1cc(C2CCN(S(=O)(=O)N(C)C)CC2)nc(C)n1. The lowest BCUT2D eigenvalue weighted by molar-refractivity contribution is 0.300. The summed E-state index contributed by atoms with van der Waals surface area (Å²) >= 11 is 0. The monoisotopic (exact) mass is 392 g/mol. The van der Waals surface area contributed by atoms with E-state index in [2.05, 4.69) is 22.0 Å². The van der Waals surface area contributed by atoms with Crippen molar-refractivity contribution in [3.05, 3.63) is 29.8 Å². The van der Waals surface area contributed by atoms with E-state index in [-0.39, 0.29) is 5.92 Å². The molecule has 3 heterocycles. The lowest BCUT2D eigenvalue weighted by Crippen LogP contribution is -2.44. The van der Waals surface area contributed by atoms with Gasteiger partial charge in [0.1, 0.15) is 5.82 Å². The first-order valence-corrected chi connectivity index (χ1v) is 10.8. The first-order chi connectivity index (χ1) is 12.8. The molecule has 8 nitrogen and oxygen atoms in total. The van der Waals surface area contributed by atoms with Gasteiger partial charge in [-0.1, -0.05) is 6.92 Å². The Morgan fingerprint density at radius 3 is 2.56 bits per heavy atom. The molecule has 0 radical (unpaired) electrons. The maximum atomic E-state index is 12.3. The Morgan fingerprint density at radius 1 is 1.22 bits per heavy atom. The highest BCUT2D eigenvalue weighted by Crippen LogP contribution is 2.30. The van der Waals surface area contributed by atoms with Crippen LogP contribution in [-0.4, -0.2) is 64.0 Å². The zero-order valence-electron chi connectivity index (χ0n) is 16.5. The highest BCUT2D eigenvalue weighted by molar-refractivity contribution is 7.86. The fourth-order valence-corrected chi connectivity index (χ4v) is 4.62. The van der Waals surface area contributed by atoms with Crippen LogP contribution >= 0.6 is 0 Å². The van der Waals surface area contributed by atoms with Gasteiger partial charge in [-0.25, -0.2) is 9.97 Å². The molecule has 1 fully saturated rings. The van der Waals surface area contributed by atoms with Gasteiger partial charge in [-0.2, -0.15) is 22.1 Å². The van der Waals surface area contributed by atoms with Gasteiger partial charge in [0.25, 0.3) is 10.2 Å². The largest absolute Gasteiger partial charge is 0.281 e. The summed E-state index contributed by atoms with van der Waals surface area (Å²) in [6.07, 6.45) is 4.32. The van der Waals surface area contributed by atoms with Gasteiger partial charge in [-0.05, 0) is 38.3 Å². The smallest absolute Gasteiger partial charge is 0.263 e. The van der Waals surface area contributed by atoms with E-state index in [0.29, 0.717) is 13.1 Å². The van der Waals surface area contributed by atoms with Gasteiger partial charge >= 0.3 is 0 Å². The number of hydrogen-bond acceptors (Lipinski definition) is 5. The number of piperidine rings is 1. The molecule has 0 amide bonds. The van der Waals surface area contributed by atoms with E-state index in [0.717, 1.165) is 48.7 Å². The van der Waals surface area contributed by atoms with Crippen LogP contribution in [0.5, 0.6) is 0 Å². The summed E-state index contributed by atoms with van der Waals surface area (Å²) in [5, 5.41) is 4.39. The van der Waals surface area contributed by atoms with Crippen molar-refractivity contribution >= 4 is 10.2 Å². The molecule has 2 aromatic heterocycles. The Kier molecular flexibility index (Phi) is 5.92. The second-order valence-corrected chi connectivity index (χ2v) is 9.27. The Hall–Kier alpha value is -1.84. The van der Waals surface area contributed by atoms with E-state index >= 15 is 0 Å². The molecule has 1 saturated heterocycles. The molecular weight excluding hydrogens is 364 g/mol. The van der Waals surface area contributed by atoms with E-state index in [1.54, 1.807) is 24.6 Å². The normalized spacial score (nSPS) is 16.9. The van der Waals surface area contributed by atoms with Crippen LogP contribution in [0.3, 0.4) is 0 Å². The van der Waals surface area contributed by atoms with E-state index in [1.165, 1.54) is 4.31 Å². The Bertz CT molecular complexity index is 885. The molecule has 27 heavy (non-hydrogen) atoms. The number of hydrogen-bond donors (Lipinski definition) is 0. The molecular formula is C18H28N6O2S. The summed E-state index contributed by atoms with van der Waals surface area (Å²) in [6.45, 7) is 5.90. The summed E-state index contributed by atoms with van der Waals surface area (Å²) in [5.74, 6) is 0.969. The highest BCUT2D eigenvalue weighted by Gasteiger charge is 2.30. The lowest BCUT2D eigenvalue weighted by atomic mass is 9.93. The molecule has 148 valence electrons. The molecule has 0 aromatic carbocycles. The van der Waals surface area contributed by atoms with Crippen molar-refractivity contribution in [3.8, 4) is 11.4 Å². The fraction of sp³-hybridized carbons (Fsp3) is 0.611. The van der Waals surface area contributed by atoms with Crippen molar-refractivity contribution in [3.63, 3.8) is 0 Å². The van der Waals surface area contributed by atoms with E-state index in [9.17, 15) is 8.42 Å². The first-order valence-electron chi connectivity index (χ1n) is 9.38. The number of aryl methyl sites for hydroxylation is 2. The number of nitrogens with zero attached hydrogens (tertiary/aromatic N) is 6. The van der Waals surface area contributed by atoms with Crippen LogP contribution in [0, 0.1) is 6.92 Å². The Labute approximate surface area is 161 Å². The molecule has 1 aliphatic heterocycles. The fourth-order valence-electron chi connectivity index (χ4n) is 3.48. The van der Waals surface area contributed by atoms with Crippen molar-refractivity contribution in [2.45, 2.75) is 45.6 Å². The van der Waals surface area contributed by atoms with Crippen LogP contribution in [0.25, 0.3) is 11.4 Å². The maximum absolute atomic E-state index is 12.3. The quantitative estimate of drug-likeness (QED) is 0.751. The zero-order valence-corrected chi connectivity index (χ0v) is 17.3. The molecule has 3 rings (SSSR count). The standard InChI is InChI=1S/C18H28N6O2S/c1-5-10-24-18(6-9-19-24)17-13-16(20-14(2)21-17)15-7-11-23(12-8-15)27(25,26)22(3)4/h6,9,13,15H,5,7-8,10-12H2,1-4H3. The lowest BCUT2D eigenvalue weighted by Gasteiger charge is -2.32. The van der Waals surface area contributed by atoms with Gasteiger partial charge in [0, 0.05) is 51.5 Å². The molecule has 0 spiro atoms. The summed E-state index contributed by atoms with van der Waals surface area (Å²) in [6, 6.07) is 4.02. The van der Waals surface area contributed by atoms with E-state index < -0.39 is 10.2 Å². The van der Waals surface area contributed by atoms with Crippen LogP contribution < -0.4 is 0 Å². The van der Waals surface area contributed by atoms with Gasteiger partial charge in [-0.15, -0.1) is 0 Å². The van der Waals surface area contributed by atoms with E-state index in [1.807, 2.05) is 23.7 Å². The minimum Gasteiger partial charge on any atom is -0.263 e. The summed E-state index contributed by atoms with van der Waals surface area (Å²) in [4.78, 5) is 9.25. The third-order valence-corrected chi connectivity index (χ3v) is 6.87. The second-order valence-electron chi connectivity index (χ2n) is 7.13. The molecule has 0 unspecified atom stereocenters. The van der Waals surface area contributed by atoms with Crippen LogP contribution in [0.1, 0.15) is 43.6 Å². The maximum Gasteiger partial charge on any atom is 0.281 e. The van der Waals surface area contributed by atoms with Crippen LogP contribution in [-0.2, 0) is 16.8 Å². The van der Waals surface area contributed by atoms with Crippen molar-refractivity contribution in [1.82, 2.24) is 28.4 Å². The molecule has 0 N–H and O–H groups in total. The molecule has 0 atom stereocenters. The minimum absolute atomic E-state index is 0.238. The van der Waals surface area contributed by atoms with Crippen molar-refractivity contribution in [1.29, 1.82) is 0 Å². The van der Waals surface area contributed by atoms with Crippen molar-refractivity contribution < 1.29 is 8.42 Å². The Morgan fingerprint density at radius 2 is 1.93 bits per heavy atom. The summed E-state index contributed by atoms with van der Waals surface area (Å²) in [5.41, 5.74) is 2.87. The van der Waals surface area contributed by atoms with Crippen molar-refractivity contribution in [2.24, 2.45) is 0 Å². The predicted octanol–water partition coefficient (Wildman–Crippen LogP) is 2.04. The van der Waals surface area contributed by atoms with Gasteiger partial charge < -0.3 is 0 Å². The molecule has 2 aromatic rings. The number of aromatic nitrogens is 4. The number of rotatable bonds is 6. The average molecular weight is 393 g/mol. The van der Waals surface area contributed by atoms with Crippen molar-refractivity contribution in [2.75, 3.05) is 27.2 Å². The van der Waals surface area contributed by atoms with Gasteiger partial charge in [-0.3, -0.25) is 4.68 Å². The summed E-state index contributed by atoms with van der Waals surface area (Å²) in [7, 11) is -0.206. The van der Waals surface area contributed by atoms with Crippen LogP contribution in [0.15, 0.2) is 18.3 Å². The second kappa shape index (κ2) is 8.04. The predicted molar refractivity (Wildman–Crippen MR) is 104 cm³/mol. The Balaban J connectivity index is 1.81. The third-order valence-electron chi connectivity index (χ3n) is 4.93. The zero-order chi connectivity index (χ0) is 19.6. The van der Waals surface area contributed by atoms with Gasteiger partial charge in [0.05, 0.1) is 11.4 Å². The van der Waals surface area contributed by atoms with E-state index in [4.69, 9.17) is 0 Å².